The maximum atomic E-state index is 11.9. The maximum absolute atomic E-state index is 11.9. The summed E-state index contributed by atoms with van der Waals surface area (Å²) in [6.45, 7) is 1.98. The molecule has 0 spiro atoms. The number of nitrogens with zero attached hydrogens (tertiary/aromatic N) is 1. The van der Waals surface area contributed by atoms with Crippen LogP contribution in [-0.2, 0) is 9.53 Å². The number of para-hydroxylation sites is 1. The Labute approximate surface area is 180 Å². The lowest BCUT2D eigenvalue weighted by molar-refractivity contribution is -0.122. The van der Waals surface area contributed by atoms with E-state index in [-0.39, 0.29) is 12.0 Å². The van der Waals surface area contributed by atoms with E-state index < -0.39 is 0 Å². The molecule has 1 aliphatic carbocycles. The maximum Gasteiger partial charge on any atom is 0.225 e. The van der Waals surface area contributed by atoms with Crippen molar-refractivity contribution < 1.29 is 9.53 Å². The molecule has 1 aliphatic heterocycles. The largest absolute Gasteiger partial charge is 0.474 e. The van der Waals surface area contributed by atoms with Gasteiger partial charge in [-0.25, -0.2) is 4.99 Å². The highest BCUT2D eigenvalue weighted by molar-refractivity contribution is 6.35. The number of rotatable bonds is 4. The number of benzene rings is 1. The van der Waals surface area contributed by atoms with Gasteiger partial charge < -0.3 is 15.0 Å². The molecule has 30 heavy (non-hydrogen) atoms. The Morgan fingerprint density at radius 2 is 2.27 bits per heavy atom. The first kappa shape index (κ1) is 20.4. The van der Waals surface area contributed by atoms with Gasteiger partial charge in [0, 0.05) is 37.4 Å². The molecule has 0 unspecified atom stereocenters. The van der Waals surface area contributed by atoms with Crippen LogP contribution >= 0.6 is 11.6 Å². The molecule has 1 fully saturated rings. The van der Waals surface area contributed by atoms with Crippen molar-refractivity contribution in [2.24, 2.45) is 10.9 Å². The predicted octanol–water partition coefficient (Wildman–Crippen LogP) is 4.86. The highest BCUT2D eigenvalue weighted by Crippen LogP contribution is 2.31. The molecule has 2 heterocycles. The quantitative estimate of drug-likeness (QED) is 0.654. The van der Waals surface area contributed by atoms with E-state index in [0.29, 0.717) is 46.5 Å². The van der Waals surface area contributed by atoms with Crippen LogP contribution in [0.3, 0.4) is 0 Å². The van der Waals surface area contributed by atoms with E-state index in [0.717, 1.165) is 29.4 Å². The molecule has 1 saturated carbocycles. The Kier molecular flexibility index (Phi) is 5.77. The van der Waals surface area contributed by atoms with E-state index in [1.165, 1.54) is 0 Å². The van der Waals surface area contributed by atoms with Gasteiger partial charge >= 0.3 is 0 Å². The summed E-state index contributed by atoms with van der Waals surface area (Å²) in [5, 5.41) is 13.1. The Morgan fingerprint density at radius 1 is 1.43 bits per heavy atom. The molecule has 2 atom stereocenters. The number of ketones is 1. The number of carbonyl (C=O) groups is 1. The van der Waals surface area contributed by atoms with E-state index in [2.05, 4.69) is 10.3 Å². The molecule has 7 heteroatoms. The van der Waals surface area contributed by atoms with Gasteiger partial charge in [0.05, 0.1) is 33.2 Å². The molecule has 3 N–H and O–H groups in total. The normalized spacial score (nSPS) is 22.1. The zero-order valence-electron chi connectivity index (χ0n) is 17.1. The molecule has 2 aliphatic rings. The van der Waals surface area contributed by atoms with Gasteiger partial charge in [0.2, 0.25) is 5.90 Å². The van der Waals surface area contributed by atoms with Crippen LogP contribution in [0.4, 0.5) is 0 Å². The fourth-order valence-electron chi connectivity index (χ4n) is 4.03. The Balaban J connectivity index is 1.66. The van der Waals surface area contributed by atoms with Crippen molar-refractivity contribution in [3.05, 3.63) is 52.8 Å². The van der Waals surface area contributed by atoms with Gasteiger partial charge in [-0.15, -0.1) is 0 Å². The molecular formula is C23H25ClN4O2. The number of aromatic nitrogens is 1. The SMILES string of the molecule is CN/C=C1\C(=N)C=C(c2cc3cccc(Cl)c3[nH]2)N=C1O[C@H](C)[C@H]1CCCC(=O)C1. The summed E-state index contributed by atoms with van der Waals surface area (Å²) in [4.78, 5) is 19.9. The van der Waals surface area contributed by atoms with Gasteiger partial charge in [0.15, 0.2) is 0 Å². The lowest BCUT2D eigenvalue weighted by atomic mass is 9.85. The number of halogens is 1. The molecule has 1 aromatic heterocycles. The number of Topliss-reactive ketones (excluding diaryl/α,β-unsaturated/α-hetero) is 1. The van der Waals surface area contributed by atoms with Crippen LogP contribution in [0.15, 0.2) is 47.1 Å². The molecule has 0 saturated heterocycles. The number of ether oxygens (including phenoxy) is 1. The first-order valence-electron chi connectivity index (χ1n) is 10.2. The molecule has 0 bridgehead atoms. The third-order valence-electron chi connectivity index (χ3n) is 5.68. The minimum Gasteiger partial charge on any atom is -0.474 e. The molecule has 1 aromatic carbocycles. The minimum atomic E-state index is -0.169. The molecule has 0 radical (unpaired) electrons. The van der Waals surface area contributed by atoms with Crippen molar-refractivity contribution >= 4 is 45.6 Å². The van der Waals surface area contributed by atoms with E-state index in [1.807, 2.05) is 31.2 Å². The molecule has 156 valence electrons. The number of aliphatic imine (C=N–C) groups is 1. The minimum absolute atomic E-state index is 0.167. The molecular weight excluding hydrogens is 400 g/mol. The second-order valence-corrected chi connectivity index (χ2v) is 8.22. The number of carbonyl (C=O) groups excluding carboxylic acids is 1. The van der Waals surface area contributed by atoms with E-state index in [1.54, 1.807) is 19.3 Å². The zero-order valence-corrected chi connectivity index (χ0v) is 17.8. The third kappa shape index (κ3) is 4.05. The lowest BCUT2D eigenvalue weighted by Crippen LogP contribution is -2.31. The average molecular weight is 425 g/mol. The van der Waals surface area contributed by atoms with Crippen LogP contribution in [0, 0.1) is 11.3 Å². The van der Waals surface area contributed by atoms with Crippen molar-refractivity contribution in [1.29, 1.82) is 5.41 Å². The van der Waals surface area contributed by atoms with Crippen LogP contribution < -0.4 is 5.32 Å². The summed E-state index contributed by atoms with van der Waals surface area (Å²) >= 11 is 6.30. The molecule has 6 nitrogen and oxygen atoms in total. The van der Waals surface area contributed by atoms with Gasteiger partial charge in [0.1, 0.15) is 11.9 Å². The Bertz CT molecular complexity index is 1100. The molecule has 4 rings (SSSR count). The van der Waals surface area contributed by atoms with E-state index in [9.17, 15) is 4.79 Å². The summed E-state index contributed by atoms with van der Waals surface area (Å²) in [5.74, 6) is 0.851. The smallest absolute Gasteiger partial charge is 0.225 e. The molecule has 0 amide bonds. The highest BCUT2D eigenvalue weighted by atomic mass is 35.5. The lowest BCUT2D eigenvalue weighted by Gasteiger charge is -2.29. The van der Waals surface area contributed by atoms with Crippen molar-refractivity contribution in [2.45, 2.75) is 38.7 Å². The van der Waals surface area contributed by atoms with E-state index >= 15 is 0 Å². The van der Waals surface area contributed by atoms with Crippen molar-refractivity contribution in [3.63, 3.8) is 0 Å². The van der Waals surface area contributed by atoms with Gasteiger partial charge in [-0.05, 0) is 38.0 Å². The fraction of sp³-hybridized carbons (Fsp3) is 0.348. The van der Waals surface area contributed by atoms with Crippen molar-refractivity contribution in [2.75, 3.05) is 7.05 Å². The van der Waals surface area contributed by atoms with Crippen molar-refractivity contribution in [1.82, 2.24) is 10.3 Å². The second kappa shape index (κ2) is 8.48. The predicted molar refractivity (Wildman–Crippen MR) is 121 cm³/mol. The standard InChI is InChI=1S/C23H25ClN4O2/c1-13(14-5-3-7-16(29)9-14)30-23-17(12-26-2)19(25)11-21(28-23)20-10-15-6-4-8-18(24)22(15)27-20/h4,6,8,10-14,25-27H,3,5,7,9H2,1-2H3/b17-12+,25-19?/t13-,14+/m1/s1. The number of hydrogen-bond acceptors (Lipinski definition) is 5. The van der Waals surface area contributed by atoms with Crippen LogP contribution in [0.25, 0.3) is 16.6 Å². The number of fused-ring (bicyclic) bond motifs is 1. The topological polar surface area (TPSA) is 90.3 Å². The summed E-state index contributed by atoms with van der Waals surface area (Å²) < 4.78 is 6.23. The summed E-state index contributed by atoms with van der Waals surface area (Å²) in [7, 11) is 1.78. The first-order valence-corrected chi connectivity index (χ1v) is 10.6. The molecule has 2 aromatic rings. The van der Waals surface area contributed by atoms with Gasteiger partial charge in [0.25, 0.3) is 0 Å². The summed E-state index contributed by atoms with van der Waals surface area (Å²) in [6, 6.07) is 7.68. The van der Waals surface area contributed by atoms with Crippen LogP contribution in [0.2, 0.25) is 5.02 Å². The number of H-pyrrole nitrogens is 1. The van der Waals surface area contributed by atoms with Gasteiger partial charge in [-0.2, -0.15) is 0 Å². The fourth-order valence-corrected chi connectivity index (χ4v) is 4.26. The number of aromatic amines is 1. The average Bonchev–Trinajstić information content (AvgIpc) is 3.16. The van der Waals surface area contributed by atoms with Gasteiger partial charge in [-0.1, -0.05) is 23.7 Å². The van der Waals surface area contributed by atoms with Crippen molar-refractivity contribution in [3.8, 4) is 0 Å². The Morgan fingerprint density at radius 3 is 3.00 bits per heavy atom. The number of hydrogen-bond donors (Lipinski definition) is 3. The summed E-state index contributed by atoms with van der Waals surface area (Å²) in [5.41, 5.74) is 3.12. The zero-order chi connectivity index (χ0) is 21.3. The third-order valence-corrected chi connectivity index (χ3v) is 5.99. The van der Waals surface area contributed by atoms with Crippen LogP contribution in [-0.4, -0.2) is 35.5 Å². The van der Waals surface area contributed by atoms with E-state index in [4.69, 9.17) is 26.7 Å². The first-order chi connectivity index (χ1) is 14.5. The van der Waals surface area contributed by atoms with Crippen LogP contribution in [0.5, 0.6) is 0 Å². The monoisotopic (exact) mass is 424 g/mol. The summed E-state index contributed by atoms with van der Waals surface area (Å²) in [6.07, 6.45) is 6.33. The highest BCUT2D eigenvalue weighted by Gasteiger charge is 2.29. The second-order valence-electron chi connectivity index (χ2n) is 7.81. The number of allylic oxidation sites excluding steroid dienone is 1. The number of nitrogens with one attached hydrogen (secondary N) is 3. The van der Waals surface area contributed by atoms with Gasteiger partial charge in [-0.3, -0.25) is 10.2 Å². The Hall–Kier alpha value is -2.86. The van der Waals surface area contributed by atoms with Crippen LogP contribution in [0.1, 0.15) is 38.3 Å².